The smallest absolute Gasteiger partial charge is 0.222 e. The van der Waals surface area contributed by atoms with Gasteiger partial charge in [0.1, 0.15) is 73.4 Å². The van der Waals surface area contributed by atoms with Crippen molar-refractivity contribution in [3.63, 3.8) is 0 Å². The summed E-state index contributed by atoms with van der Waals surface area (Å²) in [4.78, 5) is 11.4. The molecule has 9 unspecified atom stereocenters. The summed E-state index contributed by atoms with van der Waals surface area (Å²) in [5.41, 5.74) is 14.7. The van der Waals surface area contributed by atoms with E-state index in [0.29, 0.717) is 0 Å². The molecule has 3 aliphatic rings. The molecule has 0 saturated carbocycles. The van der Waals surface area contributed by atoms with Gasteiger partial charge < -0.3 is 107 Å². The van der Waals surface area contributed by atoms with Gasteiger partial charge in [-0.1, -0.05) is 0 Å². The Balaban J connectivity index is 2.14. The molecule has 45 heavy (non-hydrogen) atoms. The second kappa shape index (κ2) is 15.0. The van der Waals surface area contributed by atoms with E-state index in [1.165, 1.54) is 0 Å². The molecule has 19 atom stereocenters. The molecular weight excluding hydrogens is 618 g/mol. The maximum atomic E-state index is 12.1. The van der Waals surface area contributed by atoms with E-state index in [1.54, 1.807) is 0 Å². The summed E-state index contributed by atoms with van der Waals surface area (Å²) in [6, 6.07) is -5.52. The van der Waals surface area contributed by atoms with Crippen LogP contribution in [0.15, 0.2) is 0 Å². The lowest BCUT2D eigenvalue weighted by molar-refractivity contribution is -0.457. The molecule has 0 aromatic rings. The minimum absolute atomic E-state index is 0.0448. The number of rotatable bonds is 12. The van der Waals surface area contributed by atoms with Crippen molar-refractivity contribution in [2.24, 2.45) is 17.2 Å². The van der Waals surface area contributed by atoms with Crippen molar-refractivity contribution in [2.45, 2.75) is 122 Å². The van der Waals surface area contributed by atoms with Gasteiger partial charge in [-0.05, 0) is 6.92 Å². The lowest BCUT2D eigenvalue weighted by Gasteiger charge is -2.61. The third kappa shape index (κ3) is 6.64. The molecule has 3 fully saturated rings. The van der Waals surface area contributed by atoms with Crippen LogP contribution in [0.25, 0.3) is 0 Å². The Kier molecular flexibility index (Phi) is 12.7. The third-order valence-electron chi connectivity index (χ3n) is 8.59. The van der Waals surface area contributed by atoms with Gasteiger partial charge in [0.2, 0.25) is 5.79 Å². The van der Waals surface area contributed by atoms with Crippen LogP contribution in [0.4, 0.5) is 0 Å². The van der Waals surface area contributed by atoms with Gasteiger partial charge >= 0.3 is 0 Å². The zero-order valence-corrected chi connectivity index (χ0v) is 24.1. The maximum absolute atomic E-state index is 12.1. The van der Waals surface area contributed by atoms with Crippen molar-refractivity contribution in [1.29, 1.82) is 0 Å². The highest BCUT2D eigenvalue weighted by Crippen LogP contribution is 2.48. The highest BCUT2D eigenvalue weighted by atomic mass is 16.8. The molecule has 3 aliphatic heterocycles. The number of aliphatic hydroxyl groups excluding tert-OH is 11. The van der Waals surface area contributed by atoms with Crippen LogP contribution >= 0.6 is 0 Å². The fraction of sp³-hybridized carbons (Fsp3) is 0.958. The lowest BCUT2D eigenvalue weighted by Crippen LogP contribution is -2.85. The SMILES string of the molecule is C[C@@H]1OC(O)[C@@H](O)[C@H](O)[C@]1(O)[C@]1(OC(C(O)CO)C(O)C(N)C=O)O[C@H](CO)[C@@H](OC2O[C@H](CO)C(O)C(O)C2N)[C@H](O)[C@H]1N. The van der Waals surface area contributed by atoms with Crippen LogP contribution in [-0.4, -0.2) is 203 Å². The van der Waals surface area contributed by atoms with E-state index in [1.807, 2.05) is 0 Å². The monoisotopic (exact) mass is 663 g/mol. The minimum atomic E-state index is -3.19. The van der Waals surface area contributed by atoms with Gasteiger partial charge in [0.25, 0.3) is 0 Å². The minimum Gasteiger partial charge on any atom is -0.394 e. The molecule has 3 heterocycles. The second-order valence-electron chi connectivity index (χ2n) is 11.4. The predicted molar refractivity (Wildman–Crippen MR) is 141 cm³/mol. The molecule has 0 radical (unpaired) electrons. The number of carbonyl (C=O) groups excluding carboxylic acids is 1. The summed E-state index contributed by atoms with van der Waals surface area (Å²) in [5.74, 6) is -3.19. The zero-order valence-electron chi connectivity index (χ0n) is 24.1. The van der Waals surface area contributed by atoms with Gasteiger partial charge in [-0.2, -0.15) is 0 Å². The molecule has 18 N–H and O–H groups in total. The van der Waals surface area contributed by atoms with Gasteiger partial charge in [-0.15, -0.1) is 0 Å². The fourth-order valence-corrected chi connectivity index (χ4v) is 5.79. The third-order valence-corrected chi connectivity index (χ3v) is 8.59. The highest BCUT2D eigenvalue weighted by Gasteiger charge is 2.73. The van der Waals surface area contributed by atoms with Crippen LogP contribution < -0.4 is 17.2 Å². The van der Waals surface area contributed by atoms with Crippen LogP contribution in [0.1, 0.15) is 6.92 Å². The summed E-state index contributed by atoms with van der Waals surface area (Å²) in [6.07, 6.45) is -27.6. The first-order chi connectivity index (χ1) is 21.0. The standard InChI is InChI=1S/C24H45N3O18/c1-6-23(40,20(38)16(37)21(39)41-6)24(45-17(8(32)3-29)12(33)7(25)2-28)19(27)15(36)18(10(5-31)44-24)43-22-11(26)14(35)13(34)9(4-30)42-22/h2,6-22,29-40H,3-5,25-27H2,1H3/t6-,7?,8?,9+,10+,11?,12?,13?,14?,15-,16-,17?,18+,19+,20-,21?,22?,23-,24-/m0/s1. The van der Waals surface area contributed by atoms with E-state index < -0.39 is 135 Å². The molecule has 0 aliphatic carbocycles. The first-order valence-electron chi connectivity index (χ1n) is 14.0. The summed E-state index contributed by atoms with van der Waals surface area (Å²) in [7, 11) is 0. The number of hydrogen-bond acceptors (Lipinski definition) is 21. The Hall–Kier alpha value is -1.13. The molecule has 3 saturated heterocycles. The van der Waals surface area contributed by atoms with Crippen molar-refractivity contribution < 1.29 is 89.8 Å². The first kappa shape index (κ1) is 38.3. The Labute approximate surface area is 255 Å². The van der Waals surface area contributed by atoms with Gasteiger partial charge in [0, 0.05) is 0 Å². The van der Waals surface area contributed by atoms with Crippen LogP contribution in [0.5, 0.6) is 0 Å². The van der Waals surface area contributed by atoms with Crippen molar-refractivity contribution in [1.82, 2.24) is 0 Å². The number of ether oxygens (including phenoxy) is 5. The number of nitrogens with two attached hydrogens (primary N) is 3. The normalized spacial score (nSPS) is 48.8. The number of hydrogen-bond donors (Lipinski definition) is 15. The predicted octanol–water partition coefficient (Wildman–Crippen LogP) is -10.3. The van der Waals surface area contributed by atoms with Crippen molar-refractivity contribution in [3.8, 4) is 0 Å². The molecule has 21 heteroatoms. The average Bonchev–Trinajstić information content (AvgIpc) is 3.03. The summed E-state index contributed by atoms with van der Waals surface area (Å²) >= 11 is 0. The topological polar surface area (TPSA) is 384 Å². The Morgan fingerprint density at radius 1 is 0.911 bits per heavy atom. The van der Waals surface area contributed by atoms with Crippen LogP contribution in [0.2, 0.25) is 0 Å². The van der Waals surface area contributed by atoms with Crippen LogP contribution in [0, 0.1) is 0 Å². The Morgan fingerprint density at radius 3 is 2.04 bits per heavy atom. The number of aldehydes is 1. The van der Waals surface area contributed by atoms with E-state index in [-0.39, 0.29) is 6.29 Å². The summed E-state index contributed by atoms with van der Waals surface area (Å²) in [6.45, 7) is -2.04. The van der Waals surface area contributed by atoms with E-state index in [2.05, 4.69) is 0 Å². The molecule has 3 rings (SSSR count). The first-order valence-corrected chi connectivity index (χ1v) is 14.0. The molecule has 0 spiro atoms. The number of carbonyl (C=O) groups is 1. The molecule has 0 aromatic heterocycles. The van der Waals surface area contributed by atoms with E-state index in [4.69, 9.17) is 40.9 Å². The van der Waals surface area contributed by atoms with Crippen LogP contribution in [-0.2, 0) is 28.5 Å². The second-order valence-corrected chi connectivity index (χ2v) is 11.4. The van der Waals surface area contributed by atoms with Gasteiger partial charge in [-0.25, -0.2) is 0 Å². The molecule has 264 valence electrons. The molecule has 21 nitrogen and oxygen atoms in total. The van der Waals surface area contributed by atoms with Crippen LogP contribution in [0.3, 0.4) is 0 Å². The lowest BCUT2D eigenvalue weighted by atomic mass is 9.71. The fourth-order valence-electron chi connectivity index (χ4n) is 5.79. The molecule has 0 aromatic carbocycles. The van der Waals surface area contributed by atoms with E-state index >= 15 is 0 Å². The zero-order chi connectivity index (χ0) is 34.2. The largest absolute Gasteiger partial charge is 0.394 e. The van der Waals surface area contributed by atoms with Gasteiger partial charge in [-0.3, -0.25) is 0 Å². The molecular formula is C24H45N3O18. The summed E-state index contributed by atoms with van der Waals surface area (Å²) < 4.78 is 28.0. The Bertz CT molecular complexity index is 970. The van der Waals surface area contributed by atoms with Gasteiger partial charge in [0.15, 0.2) is 18.2 Å². The molecule has 0 bridgehead atoms. The van der Waals surface area contributed by atoms with E-state index in [9.17, 15) is 66.1 Å². The van der Waals surface area contributed by atoms with Gasteiger partial charge in [0.05, 0.1) is 44.1 Å². The maximum Gasteiger partial charge on any atom is 0.222 e. The highest BCUT2D eigenvalue weighted by molar-refractivity contribution is 5.58. The van der Waals surface area contributed by atoms with Crippen molar-refractivity contribution in [3.05, 3.63) is 0 Å². The summed E-state index contributed by atoms with van der Waals surface area (Å²) in [5, 5.41) is 126. The van der Waals surface area contributed by atoms with Crippen molar-refractivity contribution in [2.75, 3.05) is 19.8 Å². The van der Waals surface area contributed by atoms with E-state index in [0.717, 1.165) is 6.92 Å². The number of aliphatic hydroxyl groups is 12. The molecule has 0 amide bonds. The Morgan fingerprint density at radius 2 is 1.51 bits per heavy atom. The van der Waals surface area contributed by atoms with Crippen molar-refractivity contribution >= 4 is 6.29 Å². The quantitative estimate of drug-likeness (QED) is 0.0861. The average molecular weight is 664 g/mol.